The second-order valence-corrected chi connectivity index (χ2v) is 7.85. The SMILES string of the molecule is C[C@H]1CCN(C(=O)c2nc3c(C(F)(F)F)cc(C4CC4)cn3c2Cl)CC1O. The number of hydrogen-bond acceptors (Lipinski definition) is 3. The van der Waals surface area contributed by atoms with E-state index in [1.165, 1.54) is 4.90 Å². The molecule has 2 aromatic heterocycles. The third kappa shape index (κ3) is 3.29. The van der Waals surface area contributed by atoms with Crippen molar-refractivity contribution in [1.82, 2.24) is 14.3 Å². The molecule has 146 valence electrons. The average Bonchev–Trinajstić information content (AvgIpc) is 3.40. The topological polar surface area (TPSA) is 57.8 Å². The number of alkyl halides is 3. The lowest BCUT2D eigenvalue weighted by atomic mass is 9.96. The van der Waals surface area contributed by atoms with E-state index in [0.717, 1.165) is 23.3 Å². The molecule has 0 spiro atoms. The highest BCUT2D eigenvalue weighted by molar-refractivity contribution is 6.33. The molecule has 1 saturated carbocycles. The molecule has 4 rings (SSSR count). The number of imidazole rings is 1. The molecular weight excluding hydrogens is 383 g/mol. The van der Waals surface area contributed by atoms with Crippen LogP contribution in [0.2, 0.25) is 5.15 Å². The number of halogens is 4. The Kier molecular flexibility index (Phi) is 4.38. The number of nitrogens with zero attached hydrogens (tertiary/aromatic N) is 3. The standard InChI is InChI=1S/C18H19ClF3N3O2/c1-9-4-5-24(8-13(9)26)17(27)14-15(19)25-7-11(10-2-3-10)6-12(16(25)23-14)18(20,21)22/h6-7,9-10,13,26H,2-5,8H2,1H3/t9-,13?/m0/s1. The number of aliphatic hydroxyl groups is 1. The molecule has 0 aromatic carbocycles. The van der Waals surface area contributed by atoms with Gasteiger partial charge in [0.25, 0.3) is 5.91 Å². The van der Waals surface area contributed by atoms with Crippen molar-refractivity contribution < 1.29 is 23.1 Å². The van der Waals surface area contributed by atoms with Gasteiger partial charge in [-0.15, -0.1) is 0 Å². The Bertz CT molecular complexity index is 907. The third-order valence-corrected chi connectivity index (χ3v) is 5.81. The van der Waals surface area contributed by atoms with E-state index in [2.05, 4.69) is 4.98 Å². The van der Waals surface area contributed by atoms with Gasteiger partial charge in [-0.05, 0) is 42.7 Å². The second kappa shape index (κ2) is 6.38. The number of β-amino-alcohol motifs (C(OH)–C–C–N with tert-alkyl or cyclic N) is 1. The Balaban J connectivity index is 1.78. The van der Waals surface area contributed by atoms with Gasteiger partial charge < -0.3 is 10.0 Å². The fourth-order valence-corrected chi connectivity index (χ4v) is 3.76. The summed E-state index contributed by atoms with van der Waals surface area (Å²) in [6.07, 6.45) is -1.45. The number of carbonyl (C=O) groups is 1. The van der Waals surface area contributed by atoms with Gasteiger partial charge in [0.1, 0.15) is 5.15 Å². The van der Waals surface area contributed by atoms with Crippen LogP contribution < -0.4 is 0 Å². The predicted molar refractivity (Wildman–Crippen MR) is 92.9 cm³/mol. The van der Waals surface area contributed by atoms with Crippen LogP contribution in [-0.2, 0) is 6.18 Å². The van der Waals surface area contributed by atoms with Gasteiger partial charge in [0.15, 0.2) is 11.3 Å². The highest BCUT2D eigenvalue weighted by Gasteiger charge is 2.38. The van der Waals surface area contributed by atoms with Crippen LogP contribution in [0.3, 0.4) is 0 Å². The zero-order valence-corrected chi connectivity index (χ0v) is 15.4. The minimum absolute atomic E-state index is 0.0588. The number of aromatic nitrogens is 2. The molecule has 1 unspecified atom stereocenters. The van der Waals surface area contributed by atoms with Gasteiger partial charge in [-0.1, -0.05) is 18.5 Å². The fourth-order valence-electron chi connectivity index (χ4n) is 3.51. The molecule has 2 fully saturated rings. The summed E-state index contributed by atoms with van der Waals surface area (Å²) in [6, 6.07) is 1.11. The van der Waals surface area contributed by atoms with Crippen molar-refractivity contribution >= 4 is 23.2 Å². The molecule has 2 aliphatic rings. The Labute approximate surface area is 158 Å². The maximum Gasteiger partial charge on any atom is 0.419 e. The molecule has 1 aliphatic heterocycles. The van der Waals surface area contributed by atoms with Gasteiger partial charge in [0, 0.05) is 19.3 Å². The number of amides is 1. The second-order valence-electron chi connectivity index (χ2n) is 7.49. The van der Waals surface area contributed by atoms with Gasteiger partial charge >= 0.3 is 6.18 Å². The average molecular weight is 402 g/mol. The van der Waals surface area contributed by atoms with Crippen LogP contribution in [0.5, 0.6) is 0 Å². The first-order chi connectivity index (χ1) is 12.7. The van der Waals surface area contributed by atoms with E-state index in [4.69, 9.17) is 11.6 Å². The molecule has 27 heavy (non-hydrogen) atoms. The highest BCUT2D eigenvalue weighted by Crippen LogP contribution is 2.43. The van der Waals surface area contributed by atoms with E-state index in [-0.39, 0.29) is 34.9 Å². The van der Waals surface area contributed by atoms with Gasteiger partial charge in [0.2, 0.25) is 0 Å². The van der Waals surface area contributed by atoms with E-state index >= 15 is 0 Å². The number of likely N-dealkylation sites (tertiary alicyclic amines) is 1. The number of piperidine rings is 1. The molecule has 1 N–H and O–H groups in total. The van der Waals surface area contributed by atoms with E-state index in [1.807, 2.05) is 6.92 Å². The molecule has 1 saturated heterocycles. The van der Waals surface area contributed by atoms with Crippen molar-refractivity contribution in [3.8, 4) is 0 Å². The lowest BCUT2D eigenvalue weighted by molar-refractivity contribution is -0.136. The number of fused-ring (bicyclic) bond motifs is 1. The largest absolute Gasteiger partial charge is 0.419 e. The minimum atomic E-state index is -4.60. The first-order valence-electron chi connectivity index (χ1n) is 8.93. The van der Waals surface area contributed by atoms with Gasteiger partial charge in [-0.25, -0.2) is 4.98 Å². The number of hydrogen-bond donors (Lipinski definition) is 1. The molecule has 5 nitrogen and oxygen atoms in total. The fraction of sp³-hybridized carbons (Fsp3) is 0.556. The van der Waals surface area contributed by atoms with Crippen molar-refractivity contribution in [1.29, 1.82) is 0 Å². The molecule has 2 aromatic rings. The maximum absolute atomic E-state index is 13.5. The molecule has 0 bridgehead atoms. The number of carbonyl (C=O) groups excluding carboxylic acids is 1. The summed E-state index contributed by atoms with van der Waals surface area (Å²) in [5.74, 6) is -0.411. The molecule has 9 heteroatoms. The first kappa shape index (κ1) is 18.6. The third-order valence-electron chi connectivity index (χ3n) is 5.45. The van der Waals surface area contributed by atoms with Crippen molar-refractivity contribution in [3.05, 3.63) is 34.2 Å². The lowest BCUT2D eigenvalue weighted by Crippen LogP contribution is -2.46. The van der Waals surface area contributed by atoms with Crippen molar-refractivity contribution in [2.45, 2.75) is 44.4 Å². The van der Waals surface area contributed by atoms with Crippen molar-refractivity contribution in [2.24, 2.45) is 5.92 Å². The summed E-state index contributed by atoms with van der Waals surface area (Å²) in [5.41, 5.74) is -0.918. The normalized spacial score (nSPS) is 23.9. The zero-order chi connectivity index (χ0) is 19.5. The van der Waals surface area contributed by atoms with E-state index in [9.17, 15) is 23.1 Å². The maximum atomic E-state index is 13.5. The summed E-state index contributed by atoms with van der Waals surface area (Å²) in [6.45, 7) is 2.41. The zero-order valence-electron chi connectivity index (χ0n) is 14.6. The summed E-state index contributed by atoms with van der Waals surface area (Å²) in [7, 11) is 0. The van der Waals surface area contributed by atoms with Crippen molar-refractivity contribution in [2.75, 3.05) is 13.1 Å². The monoisotopic (exact) mass is 401 g/mol. The Morgan fingerprint density at radius 3 is 2.63 bits per heavy atom. The molecule has 3 heterocycles. The molecule has 0 radical (unpaired) electrons. The van der Waals surface area contributed by atoms with Crippen LogP contribution in [0.1, 0.15) is 53.7 Å². The minimum Gasteiger partial charge on any atom is -0.391 e. The van der Waals surface area contributed by atoms with E-state index in [1.54, 1.807) is 6.20 Å². The number of pyridine rings is 1. The summed E-state index contributed by atoms with van der Waals surface area (Å²) in [4.78, 5) is 18.2. The van der Waals surface area contributed by atoms with Crippen LogP contribution in [-0.4, -0.2) is 44.5 Å². The summed E-state index contributed by atoms with van der Waals surface area (Å²) < 4.78 is 41.8. The van der Waals surface area contributed by atoms with E-state index in [0.29, 0.717) is 18.5 Å². The number of aliphatic hydroxyl groups excluding tert-OH is 1. The van der Waals surface area contributed by atoms with Gasteiger partial charge in [-0.3, -0.25) is 9.20 Å². The van der Waals surface area contributed by atoms with Crippen LogP contribution in [0.15, 0.2) is 12.3 Å². The van der Waals surface area contributed by atoms with Crippen LogP contribution in [0.25, 0.3) is 5.65 Å². The Morgan fingerprint density at radius 1 is 1.33 bits per heavy atom. The first-order valence-corrected chi connectivity index (χ1v) is 9.30. The smallest absolute Gasteiger partial charge is 0.391 e. The summed E-state index contributed by atoms with van der Waals surface area (Å²) in [5, 5.41) is 9.88. The van der Waals surface area contributed by atoms with Crippen LogP contribution in [0.4, 0.5) is 13.2 Å². The van der Waals surface area contributed by atoms with Crippen molar-refractivity contribution in [3.63, 3.8) is 0 Å². The highest BCUT2D eigenvalue weighted by atomic mass is 35.5. The summed E-state index contributed by atoms with van der Waals surface area (Å²) >= 11 is 6.28. The van der Waals surface area contributed by atoms with Gasteiger partial charge in [-0.2, -0.15) is 13.2 Å². The molecular formula is C18H19ClF3N3O2. The molecule has 1 aliphatic carbocycles. The van der Waals surface area contributed by atoms with E-state index < -0.39 is 23.8 Å². The van der Waals surface area contributed by atoms with Crippen LogP contribution >= 0.6 is 11.6 Å². The van der Waals surface area contributed by atoms with Gasteiger partial charge in [0.05, 0.1) is 11.7 Å². The predicted octanol–water partition coefficient (Wildman–Crippen LogP) is 3.73. The number of rotatable bonds is 2. The quantitative estimate of drug-likeness (QED) is 0.834. The Hall–Kier alpha value is -1.80. The molecule has 1 amide bonds. The molecule has 2 atom stereocenters. The lowest BCUT2D eigenvalue weighted by Gasteiger charge is -2.33. The Morgan fingerprint density at radius 2 is 2.04 bits per heavy atom. The van der Waals surface area contributed by atoms with Crippen LogP contribution in [0, 0.1) is 5.92 Å².